The van der Waals surface area contributed by atoms with E-state index in [-0.39, 0.29) is 42.5 Å². The van der Waals surface area contributed by atoms with Crippen molar-refractivity contribution < 1.29 is 19.1 Å². The summed E-state index contributed by atoms with van der Waals surface area (Å²) in [4.78, 5) is 35.0. The molecule has 1 N–H and O–H groups in total. The van der Waals surface area contributed by atoms with Gasteiger partial charge in [-0.15, -0.1) is 0 Å². The predicted octanol–water partition coefficient (Wildman–Crippen LogP) is 1.74. The second kappa shape index (κ2) is 8.84. The monoisotopic (exact) mass is 285 g/mol. The molecule has 0 radical (unpaired) electrons. The van der Waals surface area contributed by atoms with Crippen molar-refractivity contribution in [3.63, 3.8) is 0 Å². The molecule has 0 bridgehead atoms. The number of hydrogen-bond acceptors (Lipinski definition) is 4. The van der Waals surface area contributed by atoms with Crippen molar-refractivity contribution >= 4 is 17.5 Å². The minimum absolute atomic E-state index is 0.0111. The molecule has 5 nitrogen and oxygen atoms in total. The second-order valence-electron chi connectivity index (χ2n) is 5.83. The molecule has 116 valence electrons. The first-order chi connectivity index (χ1) is 9.15. The van der Waals surface area contributed by atoms with Crippen LogP contribution in [0.25, 0.3) is 0 Å². The first kappa shape index (κ1) is 18.8. The fourth-order valence-corrected chi connectivity index (χ4v) is 1.75. The van der Waals surface area contributed by atoms with Gasteiger partial charge in [0.05, 0.1) is 12.1 Å². The lowest BCUT2D eigenvalue weighted by atomic mass is 9.98. The Labute approximate surface area is 121 Å². The molecule has 0 aromatic rings. The molecule has 0 aliphatic heterocycles. The lowest BCUT2D eigenvalue weighted by Crippen LogP contribution is -2.44. The molecule has 5 heteroatoms. The van der Waals surface area contributed by atoms with Crippen LogP contribution in [0.3, 0.4) is 0 Å². The van der Waals surface area contributed by atoms with Crippen molar-refractivity contribution in [1.82, 2.24) is 5.32 Å². The third-order valence-corrected chi connectivity index (χ3v) is 3.02. The van der Waals surface area contributed by atoms with E-state index in [1.165, 1.54) is 6.92 Å². The summed E-state index contributed by atoms with van der Waals surface area (Å²) in [5, 5.41) is 2.69. The lowest BCUT2D eigenvalue weighted by molar-refractivity contribution is -0.133. The normalized spacial score (nSPS) is 14.2. The molecule has 1 amide bonds. The summed E-state index contributed by atoms with van der Waals surface area (Å²) in [5.41, 5.74) is 0. The van der Waals surface area contributed by atoms with Crippen molar-refractivity contribution in [1.29, 1.82) is 0 Å². The van der Waals surface area contributed by atoms with Gasteiger partial charge in [0.1, 0.15) is 6.61 Å². The van der Waals surface area contributed by atoms with Gasteiger partial charge in [0.25, 0.3) is 0 Å². The number of Topliss-reactive ketones (excluding diaryl/α,β-unsaturated/α-hetero) is 2. The maximum absolute atomic E-state index is 11.9. The Morgan fingerprint density at radius 2 is 1.60 bits per heavy atom. The average molecular weight is 285 g/mol. The fraction of sp³-hybridized carbons (Fsp3) is 0.800. The fourth-order valence-electron chi connectivity index (χ4n) is 1.75. The zero-order chi connectivity index (χ0) is 15.9. The highest BCUT2D eigenvalue weighted by Gasteiger charge is 2.23. The van der Waals surface area contributed by atoms with Crippen LogP contribution in [0.15, 0.2) is 0 Å². The van der Waals surface area contributed by atoms with Crippen LogP contribution in [0.1, 0.15) is 48.0 Å². The van der Waals surface area contributed by atoms with Gasteiger partial charge in [0.15, 0.2) is 11.6 Å². The third kappa shape index (κ3) is 7.38. The van der Waals surface area contributed by atoms with Crippen molar-refractivity contribution in [2.24, 2.45) is 11.8 Å². The quantitative estimate of drug-likeness (QED) is 0.700. The maximum Gasteiger partial charge on any atom is 0.221 e. The Hall–Kier alpha value is -1.23. The number of carbonyl (C=O) groups excluding carboxylic acids is 3. The number of nitrogens with one attached hydrogen (secondary N) is 1. The third-order valence-electron chi connectivity index (χ3n) is 3.02. The Morgan fingerprint density at radius 1 is 1.05 bits per heavy atom. The van der Waals surface area contributed by atoms with E-state index in [4.69, 9.17) is 4.74 Å². The molecule has 0 aromatic carbocycles. The molecule has 0 rings (SSSR count). The standard InChI is InChI=1S/C15H27NO4/c1-9(2)15(12(6)17)16-14(19)7-11(5)13(18)8-20-10(3)4/h9-11,15H,7-8H2,1-6H3,(H,16,19). The van der Waals surface area contributed by atoms with E-state index >= 15 is 0 Å². The number of hydrogen-bond donors (Lipinski definition) is 1. The summed E-state index contributed by atoms with van der Waals surface area (Å²) in [6, 6.07) is -0.489. The molecule has 2 atom stereocenters. The van der Waals surface area contributed by atoms with E-state index in [1.54, 1.807) is 6.92 Å². The number of rotatable bonds is 9. The topological polar surface area (TPSA) is 72.5 Å². The molecule has 0 fully saturated rings. The van der Waals surface area contributed by atoms with E-state index in [0.717, 1.165) is 0 Å². The highest BCUT2D eigenvalue weighted by Crippen LogP contribution is 2.08. The molecule has 0 aliphatic carbocycles. The average Bonchev–Trinajstić information content (AvgIpc) is 2.31. The zero-order valence-corrected chi connectivity index (χ0v) is 13.4. The van der Waals surface area contributed by atoms with Gasteiger partial charge in [-0.25, -0.2) is 0 Å². The Balaban J connectivity index is 4.31. The van der Waals surface area contributed by atoms with Gasteiger partial charge < -0.3 is 10.1 Å². The van der Waals surface area contributed by atoms with Crippen LogP contribution < -0.4 is 5.32 Å². The lowest BCUT2D eigenvalue weighted by Gasteiger charge is -2.20. The molecule has 2 unspecified atom stereocenters. The van der Waals surface area contributed by atoms with Crippen LogP contribution in [0, 0.1) is 11.8 Å². The van der Waals surface area contributed by atoms with Crippen molar-refractivity contribution in [2.45, 2.75) is 60.1 Å². The van der Waals surface area contributed by atoms with Crippen molar-refractivity contribution in [3.05, 3.63) is 0 Å². The summed E-state index contributed by atoms with van der Waals surface area (Å²) in [7, 11) is 0. The molecule has 0 heterocycles. The molecule has 0 spiro atoms. The summed E-state index contributed by atoms with van der Waals surface area (Å²) >= 11 is 0. The van der Waals surface area contributed by atoms with Crippen LogP contribution in [0.2, 0.25) is 0 Å². The van der Waals surface area contributed by atoms with Gasteiger partial charge in [-0.1, -0.05) is 20.8 Å². The molecule has 0 aromatic heterocycles. The van der Waals surface area contributed by atoms with E-state index in [1.807, 2.05) is 27.7 Å². The summed E-state index contributed by atoms with van der Waals surface area (Å²) in [6.45, 7) is 10.6. The summed E-state index contributed by atoms with van der Waals surface area (Å²) < 4.78 is 5.23. The van der Waals surface area contributed by atoms with Gasteiger partial charge in [-0.2, -0.15) is 0 Å². The number of ether oxygens (including phenoxy) is 1. The largest absolute Gasteiger partial charge is 0.371 e. The Kier molecular flexibility index (Phi) is 8.30. The minimum Gasteiger partial charge on any atom is -0.371 e. The van der Waals surface area contributed by atoms with Gasteiger partial charge in [0, 0.05) is 12.3 Å². The van der Waals surface area contributed by atoms with Crippen molar-refractivity contribution in [2.75, 3.05) is 6.61 Å². The zero-order valence-electron chi connectivity index (χ0n) is 13.4. The van der Waals surface area contributed by atoms with E-state index in [2.05, 4.69) is 5.32 Å². The van der Waals surface area contributed by atoms with Gasteiger partial charge in [-0.05, 0) is 26.7 Å². The second-order valence-corrected chi connectivity index (χ2v) is 5.83. The number of ketones is 2. The first-order valence-corrected chi connectivity index (χ1v) is 7.09. The van der Waals surface area contributed by atoms with E-state index in [9.17, 15) is 14.4 Å². The minimum atomic E-state index is -0.489. The summed E-state index contributed by atoms with van der Waals surface area (Å²) in [5.74, 6) is -0.821. The van der Waals surface area contributed by atoms with Crippen LogP contribution >= 0.6 is 0 Å². The van der Waals surface area contributed by atoms with Crippen LogP contribution in [-0.4, -0.2) is 36.2 Å². The van der Waals surface area contributed by atoms with Crippen LogP contribution in [0.4, 0.5) is 0 Å². The number of carbonyl (C=O) groups is 3. The van der Waals surface area contributed by atoms with Gasteiger partial charge in [-0.3, -0.25) is 14.4 Å². The first-order valence-electron chi connectivity index (χ1n) is 7.09. The molecule has 0 aliphatic rings. The molecule has 0 saturated heterocycles. The van der Waals surface area contributed by atoms with Gasteiger partial charge >= 0.3 is 0 Å². The Bertz CT molecular complexity index is 350. The smallest absolute Gasteiger partial charge is 0.221 e. The Morgan fingerprint density at radius 3 is 2.00 bits per heavy atom. The highest BCUT2D eigenvalue weighted by atomic mass is 16.5. The van der Waals surface area contributed by atoms with E-state index in [0.29, 0.717) is 0 Å². The maximum atomic E-state index is 11.9. The predicted molar refractivity (Wildman–Crippen MR) is 77.3 cm³/mol. The number of amides is 1. The van der Waals surface area contributed by atoms with Crippen LogP contribution in [-0.2, 0) is 19.1 Å². The molecular formula is C15H27NO4. The van der Waals surface area contributed by atoms with Crippen molar-refractivity contribution in [3.8, 4) is 0 Å². The molecule has 0 saturated carbocycles. The molecule has 20 heavy (non-hydrogen) atoms. The summed E-state index contributed by atoms with van der Waals surface area (Å²) in [6.07, 6.45) is 0.0690. The van der Waals surface area contributed by atoms with Crippen LogP contribution in [0.5, 0.6) is 0 Å². The van der Waals surface area contributed by atoms with Gasteiger partial charge in [0.2, 0.25) is 5.91 Å². The van der Waals surface area contributed by atoms with E-state index < -0.39 is 12.0 Å². The SMILES string of the molecule is CC(=O)C(NC(=O)CC(C)C(=O)COC(C)C)C(C)C. The molecular weight excluding hydrogens is 258 g/mol. The highest BCUT2D eigenvalue weighted by molar-refractivity contribution is 5.90.